The second-order valence-corrected chi connectivity index (χ2v) is 18.9. The first-order chi connectivity index (χ1) is 28.2. The molecular formula is C47H43NO7S3. The van der Waals surface area contributed by atoms with Gasteiger partial charge in [0.25, 0.3) is 0 Å². The number of sulfonamides is 1. The molecule has 0 aliphatic carbocycles. The third kappa shape index (κ3) is 7.30. The highest BCUT2D eigenvalue weighted by Crippen LogP contribution is 2.65. The van der Waals surface area contributed by atoms with Gasteiger partial charge in [0.1, 0.15) is 4.08 Å². The Labute approximate surface area is 348 Å². The fourth-order valence-electron chi connectivity index (χ4n) is 8.03. The summed E-state index contributed by atoms with van der Waals surface area (Å²) in [6.07, 6.45) is -1.19. The number of carbonyl (C=O) groups is 1. The van der Waals surface area contributed by atoms with Gasteiger partial charge in [-0.05, 0) is 66.6 Å². The number of cyclic esters (lactones) is 1. The maximum atomic E-state index is 15.6. The number of esters is 1. The largest absolute Gasteiger partial charge is 0.493 e. The predicted molar refractivity (Wildman–Crippen MR) is 227 cm³/mol. The van der Waals surface area contributed by atoms with Crippen molar-refractivity contribution in [3.05, 3.63) is 186 Å². The van der Waals surface area contributed by atoms with E-state index in [0.29, 0.717) is 17.1 Å². The zero-order valence-corrected chi connectivity index (χ0v) is 34.7. The van der Waals surface area contributed by atoms with E-state index in [0.717, 1.165) is 26.5 Å². The van der Waals surface area contributed by atoms with Crippen molar-refractivity contribution in [2.45, 2.75) is 50.0 Å². The highest BCUT2D eigenvalue weighted by atomic mass is 32.2. The molecule has 8 nitrogen and oxygen atoms in total. The monoisotopic (exact) mass is 829 g/mol. The predicted octanol–water partition coefficient (Wildman–Crippen LogP) is 10.00. The van der Waals surface area contributed by atoms with Gasteiger partial charge in [0.2, 0.25) is 10.0 Å². The summed E-state index contributed by atoms with van der Waals surface area (Å²) in [5.74, 6) is -0.113. The van der Waals surface area contributed by atoms with Crippen LogP contribution in [0.5, 0.6) is 11.5 Å². The van der Waals surface area contributed by atoms with Crippen LogP contribution in [0.15, 0.2) is 178 Å². The van der Waals surface area contributed by atoms with Crippen molar-refractivity contribution < 1.29 is 32.2 Å². The zero-order valence-electron chi connectivity index (χ0n) is 32.3. The SMILES string of the molecule is COc1ccc(C(Sc2ccccc2)(Sc2ccccc2)[C@@H]2CC(=O)O[C@H]2[C@]2(c3ccccc3)OC[C@@H](c3ccccc3)N2S(=O)(=O)c2ccc(C)cc2)cc1OC. The summed E-state index contributed by atoms with van der Waals surface area (Å²) < 4.78 is 56.9. The lowest BCUT2D eigenvalue weighted by molar-refractivity contribution is -0.176. The lowest BCUT2D eigenvalue weighted by atomic mass is 9.83. The van der Waals surface area contributed by atoms with Gasteiger partial charge in [-0.25, -0.2) is 8.42 Å². The number of rotatable bonds is 13. The number of thioether (sulfide) groups is 2. The number of ether oxygens (including phenoxy) is 4. The Bertz CT molecular complexity index is 2410. The average molecular weight is 830 g/mol. The minimum Gasteiger partial charge on any atom is -0.493 e. The zero-order chi connectivity index (χ0) is 40.3. The van der Waals surface area contributed by atoms with E-state index in [9.17, 15) is 4.79 Å². The molecule has 0 radical (unpaired) electrons. The van der Waals surface area contributed by atoms with Gasteiger partial charge in [0.15, 0.2) is 23.3 Å². The molecule has 58 heavy (non-hydrogen) atoms. The van der Waals surface area contributed by atoms with E-state index in [4.69, 9.17) is 18.9 Å². The van der Waals surface area contributed by atoms with E-state index in [1.807, 2.05) is 146 Å². The number of nitrogens with zero attached hydrogens (tertiary/aromatic N) is 1. The molecule has 0 unspecified atom stereocenters. The molecule has 2 fully saturated rings. The molecule has 0 spiro atoms. The van der Waals surface area contributed by atoms with Crippen LogP contribution >= 0.6 is 23.5 Å². The highest BCUT2D eigenvalue weighted by Gasteiger charge is 2.68. The summed E-state index contributed by atoms with van der Waals surface area (Å²) in [5.41, 5.74) is 1.21. The maximum Gasteiger partial charge on any atom is 0.306 e. The molecule has 296 valence electrons. The number of carbonyl (C=O) groups excluding carboxylic acids is 1. The van der Waals surface area contributed by atoms with Crippen molar-refractivity contribution in [1.82, 2.24) is 4.31 Å². The molecule has 4 atom stereocenters. The molecule has 2 aliphatic heterocycles. The summed E-state index contributed by atoms with van der Waals surface area (Å²) in [6, 6.07) is 50.7. The van der Waals surface area contributed by atoms with Crippen LogP contribution in [-0.4, -0.2) is 45.6 Å². The van der Waals surface area contributed by atoms with E-state index in [1.165, 1.54) is 4.31 Å². The average Bonchev–Trinajstić information content (AvgIpc) is 3.87. The number of methoxy groups -OCH3 is 2. The summed E-state index contributed by atoms with van der Waals surface area (Å²) >= 11 is 3.17. The summed E-state index contributed by atoms with van der Waals surface area (Å²) in [7, 11) is -1.18. The summed E-state index contributed by atoms with van der Waals surface area (Å²) in [6.45, 7) is 1.92. The molecule has 0 bridgehead atoms. The molecule has 2 aliphatic rings. The molecule has 0 aromatic heterocycles. The van der Waals surface area contributed by atoms with Gasteiger partial charge in [0, 0.05) is 21.3 Å². The highest BCUT2D eigenvalue weighted by molar-refractivity contribution is 8.17. The number of hydrogen-bond acceptors (Lipinski definition) is 9. The summed E-state index contributed by atoms with van der Waals surface area (Å²) in [5, 5.41) is 0. The molecule has 0 N–H and O–H groups in total. The van der Waals surface area contributed by atoms with Crippen LogP contribution in [-0.2, 0) is 34.1 Å². The Morgan fingerprint density at radius 2 is 1.26 bits per heavy atom. The fraction of sp³-hybridized carbons (Fsp3) is 0.213. The van der Waals surface area contributed by atoms with Crippen LogP contribution in [0.25, 0.3) is 0 Å². The van der Waals surface area contributed by atoms with Crippen LogP contribution in [0.3, 0.4) is 0 Å². The van der Waals surface area contributed by atoms with E-state index in [-0.39, 0.29) is 17.9 Å². The fourth-order valence-corrected chi connectivity index (χ4v) is 13.1. The molecule has 6 aromatic carbocycles. The van der Waals surface area contributed by atoms with Crippen molar-refractivity contribution in [2.24, 2.45) is 5.92 Å². The maximum absolute atomic E-state index is 15.6. The van der Waals surface area contributed by atoms with Gasteiger partial charge in [-0.2, -0.15) is 0 Å². The number of hydrogen-bond donors (Lipinski definition) is 0. The lowest BCUT2D eigenvalue weighted by Crippen LogP contribution is -2.57. The topological polar surface area (TPSA) is 91.4 Å². The van der Waals surface area contributed by atoms with Gasteiger partial charge in [-0.1, -0.05) is 121 Å². The van der Waals surface area contributed by atoms with Crippen molar-refractivity contribution in [1.29, 1.82) is 0 Å². The van der Waals surface area contributed by atoms with Crippen molar-refractivity contribution in [3.63, 3.8) is 0 Å². The Morgan fingerprint density at radius 3 is 1.83 bits per heavy atom. The third-order valence-electron chi connectivity index (χ3n) is 10.7. The van der Waals surface area contributed by atoms with Crippen LogP contribution in [0, 0.1) is 12.8 Å². The molecule has 0 saturated carbocycles. The number of benzene rings is 6. The van der Waals surface area contributed by atoms with Crippen molar-refractivity contribution >= 4 is 39.5 Å². The molecule has 11 heteroatoms. The standard InChI is InChI=1S/C47H43NO7S3/c1-33-24-27-39(28-25-33)58(50,51)48-41(34-16-8-4-9-17-34)32-54-46(48,35-18-10-5-11-19-35)45-40(31-44(49)55-45)47(56-37-20-12-6-13-21-37,57-38-22-14-7-15-23-38)36-26-29-42(52-2)43(30-36)53-3/h4-30,40-41,45H,31-32H2,1-3H3/t40-,41+,45-,46+/m1/s1. The Morgan fingerprint density at radius 1 is 0.707 bits per heavy atom. The number of aryl methyl sites for hydroxylation is 1. The van der Waals surface area contributed by atoms with Gasteiger partial charge in [0.05, 0.1) is 38.2 Å². The van der Waals surface area contributed by atoms with Gasteiger partial charge < -0.3 is 18.9 Å². The van der Waals surface area contributed by atoms with E-state index < -0.39 is 43.9 Å². The van der Waals surface area contributed by atoms with Crippen molar-refractivity contribution in [2.75, 3.05) is 20.8 Å². The second kappa shape index (κ2) is 16.7. The third-order valence-corrected chi connectivity index (χ3v) is 15.8. The minimum absolute atomic E-state index is 0.00574. The van der Waals surface area contributed by atoms with Gasteiger partial charge >= 0.3 is 5.97 Å². The lowest BCUT2D eigenvalue weighted by Gasteiger charge is -2.47. The van der Waals surface area contributed by atoms with Crippen molar-refractivity contribution in [3.8, 4) is 11.5 Å². The van der Waals surface area contributed by atoms with E-state index in [1.54, 1.807) is 62.0 Å². The normalized spacial score (nSPS) is 21.1. The van der Waals surface area contributed by atoms with Crippen LogP contribution in [0.2, 0.25) is 0 Å². The van der Waals surface area contributed by atoms with Gasteiger partial charge in [-0.3, -0.25) is 4.79 Å². The second-order valence-electron chi connectivity index (χ2n) is 14.2. The smallest absolute Gasteiger partial charge is 0.306 e. The molecule has 6 aromatic rings. The Balaban J connectivity index is 1.43. The van der Waals surface area contributed by atoms with Crippen LogP contribution in [0.4, 0.5) is 0 Å². The molecule has 0 amide bonds. The Kier molecular flexibility index (Phi) is 11.4. The van der Waals surface area contributed by atoms with E-state index in [2.05, 4.69) is 0 Å². The molecule has 2 heterocycles. The first kappa shape index (κ1) is 39.8. The van der Waals surface area contributed by atoms with Crippen LogP contribution < -0.4 is 9.47 Å². The van der Waals surface area contributed by atoms with Gasteiger partial charge in [-0.15, -0.1) is 27.8 Å². The van der Waals surface area contributed by atoms with Crippen LogP contribution in [0.1, 0.15) is 34.7 Å². The molecule has 2 saturated heterocycles. The molecule has 8 rings (SSSR count). The first-order valence-corrected chi connectivity index (χ1v) is 22.0. The van der Waals surface area contributed by atoms with E-state index >= 15 is 8.42 Å². The Hall–Kier alpha value is -5.04. The summed E-state index contributed by atoms with van der Waals surface area (Å²) in [4.78, 5) is 16.3. The molecular weight excluding hydrogens is 787 g/mol. The quantitative estimate of drug-likeness (QED) is 0.0641. The first-order valence-electron chi connectivity index (χ1n) is 19.0. The minimum atomic E-state index is -4.37.